The number of benzene rings is 2. The van der Waals surface area contributed by atoms with Gasteiger partial charge in [-0.2, -0.15) is 0 Å². The predicted octanol–water partition coefficient (Wildman–Crippen LogP) is 7.69. The molecule has 40 heavy (non-hydrogen) atoms. The van der Waals surface area contributed by atoms with Crippen LogP contribution in [0.1, 0.15) is 94.8 Å². The molecule has 0 atom stereocenters. The summed E-state index contributed by atoms with van der Waals surface area (Å²) in [5, 5.41) is 0.607. The smallest absolute Gasteiger partial charge is 0.229 e. The molecule has 0 saturated heterocycles. The second kappa shape index (κ2) is 16.4. The molecule has 0 unspecified atom stereocenters. The molecule has 7 nitrogen and oxygen atoms in total. The molecule has 3 rings (SSSR count). The van der Waals surface area contributed by atoms with Gasteiger partial charge in [-0.25, -0.2) is 8.42 Å². The summed E-state index contributed by atoms with van der Waals surface area (Å²) in [7, 11) is -3.45. The van der Waals surface area contributed by atoms with Gasteiger partial charge in [0.1, 0.15) is 17.1 Å². The van der Waals surface area contributed by atoms with E-state index in [0.29, 0.717) is 46.6 Å². The zero-order valence-electron chi connectivity index (χ0n) is 23.9. The number of nitrogens with zero attached hydrogens (tertiary/aromatic N) is 1. The quantitative estimate of drug-likeness (QED) is 0.124. The van der Waals surface area contributed by atoms with Gasteiger partial charge in [-0.05, 0) is 81.2 Å². The van der Waals surface area contributed by atoms with E-state index in [2.05, 4.69) is 30.4 Å². The van der Waals surface area contributed by atoms with Crippen molar-refractivity contribution in [1.29, 1.82) is 0 Å². The molecule has 1 N–H and O–H groups in total. The van der Waals surface area contributed by atoms with Crippen molar-refractivity contribution < 1.29 is 22.4 Å². The molecular formula is C32H48N2O5S. The molecule has 0 amide bonds. The number of ether oxygens (including phenoxy) is 1. The number of furan rings is 1. The first-order valence-electron chi connectivity index (χ1n) is 14.3. The number of hydrogen-bond acceptors (Lipinski definition) is 6. The summed E-state index contributed by atoms with van der Waals surface area (Å²) in [6.07, 6.45) is 9.40. The van der Waals surface area contributed by atoms with E-state index in [0.717, 1.165) is 50.9 Å². The van der Waals surface area contributed by atoms with Crippen LogP contribution in [-0.2, 0) is 16.4 Å². The van der Waals surface area contributed by atoms with Gasteiger partial charge in [-0.1, -0.05) is 47.5 Å². The van der Waals surface area contributed by atoms with Gasteiger partial charge in [0, 0.05) is 29.6 Å². The fraction of sp³-hybridized carbons (Fsp3) is 0.531. The van der Waals surface area contributed by atoms with Crippen LogP contribution in [0.2, 0.25) is 0 Å². The number of hydrogen-bond donors (Lipinski definition) is 1. The molecule has 222 valence electrons. The van der Waals surface area contributed by atoms with Crippen molar-refractivity contribution in [3.8, 4) is 5.75 Å². The van der Waals surface area contributed by atoms with Crippen LogP contribution in [0.3, 0.4) is 0 Å². The Balaban J connectivity index is 0.00000560. The summed E-state index contributed by atoms with van der Waals surface area (Å²) in [5.41, 5.74) is 1.99. The van der Waals surface area contributed by atoms with E-state index < -0.39 is 10.0 Å². The molecule has 0 spiro atoms. The van der Waals surface area contributed by atoms with E-state index in [1.54, 1.807) is 30.3 Å². The van der Waals surface area contributed by atoms with Crippen molar-refractivity contribution in [1.82, 2.24) is 4.90 Å². The number of nitrogens with one attached hydrogen (secondary N) is 1. The van der Waals surface area contributed by atoms with E-state index in [-0.39, 0.29) is 13.2 Å². The monoisotopic (exact) mass is 572 g/mol. The zero-order chi connectivity index (χ0) is 28.3. The number of unbranched alkanes of at least 4 members (excludes halogenated alkanes) is 3. The molecule has 0 radical (unpaired) electrons. The van der Waals surface area contributed by atoms with Gasteiger partial charge in [-0.3, -0.25) is 9.52 Å². The van der Waals surface area contributed by atoms with Gasteiger partial charge in [-0.15, -0.1) is 0 Å². The number of ketones is 1. The summed E-state index contributed by atoms with van der Waals surface area (Å²) in [5.74, 6) is 1.22. The SMILES string of the molecule is C.CCCCc1oc2ccc(NS(C)(=O)=O)cc2c1C(=O)c1ccc(OCCCN(CCCC)CCCC)cc1. The Bertz CT molecular complexity index is 1290. The third-order valence-corrected chi connectivity index (χ3v) is 7.31. The lowest BCUT2D eigenvalue weighted by Gasteiger charge is -2.21. The predicted molar refractivity (Wildman–Crippen MR) is 166 cm³/mol. The number of sulfonamides is 1. The second-order valence-electron chi connectivity index (χ2n) is 10.2. The molecule has 2 aromatic carbocycles. The highest BCUT2D eigenvalue weighted by molar-refractivity contribution is 7.92. The lowest BCUT2D eigenvalue weighted by atomic mass is 9.98. The number of fused-ring (bicyclic) bond motifs is 1. The fourth-order valence-electron chi connectivity index (χ4n) is 4.61. The molecule has 3 aromatic rings. The Morgan fingerprint density at radius 1 is 0.900 bits per heavy atom. The normalized spacial score (nSPS) is 11.5. The van der Waals surface area contributed by atoms with E-state index in [1.165, 1.54) is 25.7 Å². The van der Waals surface area contributed by atoms with Gasteiger partial charge in [0.15, 0.2) is 5.78 Å². The van der Waals surface area contributed by atoms with Gasteiger partial charge in [0.2, 0.25) is 10.0 Å². The summed E-state index contributed by atoms with van der Waals surface area (Å²) >= 11 is 0. The first-order valence-corrected chi connectivity index (χ1v) is 16.2. The van der Waals surface area contributed by atoms with Crippen LogP contribution in [0.5, 0.6) is 5.75 Å². The standard InChI is InChI=1S/C31H44N2O5S.CH4/c1-5-8-12-29-30(27-23-25(32-39(4,35)36)15-18-28(27)38-29)31(34)24-13-16-26(17-14-24)37-22-11-21-33(19-9-6-2)20-10-7-3;/h13-18,23,32H,5-12,19-22H2,1-4H3;1H4. The number of aryl methyl sites for hydroxylation is 1. The number of rotatable bonds is 18. The van der Waals surface area contributed by atoms with Crippen molar-refractivity contribution in [2.24, 2.45) is 0 Å². The average Bonchev–Trinajstić information content (AvgIpc) is 3.27. The van der Waals surface area contributed by atoms with Crippen molar-refractivity contribution in [2.45, 2.75) is 79.6 Å². The second-order valence-corrected chi connectivity index (χ2v) is 11.9. The molecule has 0 saturated carbocycles. The minimum Gasteiger partial charge on any atom is -0.494 e. The molecule has 1 aromatic heterocycles. The third kappa shape index (κ3) is 9.97. The van der Waals surface area contributed by atoms with Gasteiger partial charge < -0.3 is 14.1 Å². The Morgan fingerprint density at radius 3 is 2.12 bits per heavy atom. The van der Waals surface area contributed by atoms with Crippen LogP contribution >= 0.6 is 0 Å². The van der Waals surface area contributed by atoms with Crippen LogP contribution in [0.4, 0.5) is 5.69 Å². The van der Waals surface area contributed by atoms with Crippen LogP contribution in [0, 0.1) is 0 Å². The summed E-state index contributed by atoms with van der Waals surface area (Å²) in [4.78, 5) is 16.2. The molecule has 8 heteroatoms. The molecule has 0 aliphatic rings. The first kappa shape index (κ1) is 33.4. The van der Waals surface area contributed by atoms with E-state index >= 15 is 0 Å². The van der Waals surface area contributed by atoms with Crippen LogP contribution in [0.15, 0.2) is 46.9 Å². The maximum Gasteiger partial charge on any atom is 0.229 e. The Kier molecular flexibility index (Phi) is 13.7. The average molecular weight is 573 g/mol. The molecule has 0 aliphatic carbocycles. The highest BCUT2D eigenvalue weighted by Gasteiger charge is 2.22. The van der Waals surface area contributed by atoms with Crippen molar-refractivity contribution in [2.75, 3.05) is 37.2 Å². The van der Waals surface area contributed by atoms with Crippen LogP contribution < -0.4 is 9.46 Å². The fourth-order valence-corrected chi connectivity index (χ4v) is 5.17. The van der Waals surface area contributed by atoms with Crippen molar-refractivity contribution in [3.63, 3.8) is 0 Å². The largest absolute Gasteiger partial charge is 0.494 e. The van der Waals surface area contributed by atoms with Crippen LogP contribution in [0.25, 0.3) is 11.0 Å². The third-order valence-electron chi connectivity index (χ3n) is 6.71. The number of anilines is 1. The van der Waals surface area contributed by atoms with Crippen LogP contribution in [-0.4, -0.2) is 51.6 Å². The molecule has 0 bridgehead atoms. The number of carbonyl (C=O) groups is 1. The maximum absolute atomic E-state index is 13.7. The lowest BCUT2D eigenvalue weighted by Crippen LogP contribution is -2.28. The molecule has 0 aliphatic heterocycles. The lowest BCUT2D eigenvalue weighted by molar-refractivity contribution is 0.103. The maximum atomic E-state index is 13.7. The Hall–Kier alpha value is -2.84. The van der Waals surface area contributed by atoms with E-state index in [1.807, 2.05) is 12.1 Å². The summed E-state index contributed by atoms with van der Waals surface area (Å²) in [6, 6.07) is 12.3. The highest BCUT2D eigenvalue weighted by Crippen LogP contribution is 2.32. The number of carbonyl (C=O) groups excluding carboxylic acids is 1. The molecular weight excluding hydrogens is 524 g/mol. The Labute approximate surface area is 241 Å². The summed E-state index contributed by atoms with van der Waals surface area (Å²) < 4.78 is 38.0. The van der Waals surface area contributed by atoms with Crippen molar-refractivity contribution >= 4 is 32.5 Å². The highest BCUT2D eigenvalue weighted by atomic mass is 32.2. The minimum atomic E-state index is -3.45. The first-order chi connectivity index (χ1) is 18.8. The van der Waals surface area contributed by atoms with Crippen molar-refractivity contribution in [3.05, 3.63) is 59.4 Å². The topological polar surface area (TPSA) is 88.8 Å². The summed E-state index contributed by atoms with van der Waals surface area (Å²) in [6.45, 7) is 10.5. The zero-order valence-corrected chi connectivity index (χ0v) is 24.7. The van der Waals surface area contributed by atoms with Gasteiger partial charge >= 0.3 is 0 Å². The van der Waals surface area contributed by atoms with Gasteiger partial charge in [0.25, 0.3) is 0 Å². The van der Waals surface area contributed by atoms with E-state index in [4.69, 9.17) is 9.15 Å². The molecule has 1 heterocycles. The molecule has 0 fully saturated rings. The van der Waals surface area contributed by atoms with Gasteiger partial charge in [0.05, 0.1) is 18.4 Å². The van der Waals surface area contributed by atoms with E-state index in [9.17, 15) is 13.2 Å². The minimum absolute atomic E-state index is 0. The Morgan fingerprint density at radius 2 is 1.52 bits per heavy atom.